The number of nitrogen functional groups attached to an aromatic ring is 9. The predicted octanol–water partition coefficient (Wildman–Crippen LogP) is 0.479. The zero-order chi connectivity index (χ0) is 18.9. The molecule has 0 aliphatic rings. The molecule has 0 heterocycles. The van der Waals surface area contributed by atoms with Crippen molar-refractivity contribution in [2.24, 2.45) is 0 Å². The van der Waals surface area contributed by atoms with Crippen molar-refractivity contribution in [2.75, 3.05) is 51.6 Å². The van der Waals surface area contributed by atoms with Crippen LogP contribution in [0.2, 0.25) is 0 Å². The third kappa shape index (κ3) is 3.29. The van der Waals surface area contributed by atoms with Crippen molar-refractivity contribution in [3.63, 3.8) is 0 Å². The Hall–Kier alpha value is -2.31. The highest BCUT2D eigenvalue weighted by molar-refractivity contribution is 7.82. The molecule has 24 heavy (non-hydrogen) atoms. The molecule has 0 radical (unpaired) electrons. The average molecular weight is 388 g/mol. The summed E-state index contributed by atoms with van der Waals surface area (Å²) in [4.78, 5) is 1.41. The molecule has 18 N–H and O–H groups in total. The molecule has 0 aliphatic carbocycles. The van der Waals surface area contributed by atoms with E-state index in [4.69, 9.17) is 51.6 Å². The van der Waals surface area contributed by atoms with Crippen molar-refractivity contribution in [3.05, 3.63) is 0 Å². The van der Waals surface area contributed by atoms with E-state index in [1.807, 2.05) is 0 Å². The second kappa shape index (κ2) is 7.07. The Labute approximate surface area is 155 Å². The van der Waals surface area contributed by atoms with Gasteiger partial charge in [-0.1, -0.05) is 0 Å². The molecule has 0 saturated heterocycles. The monoisotopic (exact) mass is 387 g/mol. The second-order valence-corrected chi connectivity index (χ2v) is 6.11. The van der Waals surface area contributed by atoms with E-state index >= 15 is 0 Å². The fourth-order valence-corrected chi connectivity index (χ4v) is 2.58. The summed E-state index contributed by atoms with van der Waals surface area (Å²) in [6.45, 7) is 0. The van der Waals surface area contributed by atoms with Crippen LogP contribution in [0.15, 0.2) is 14.7 Å². The van der Waals surface area contributed by atoms with Crippen molar-refractivity contribution in [2.45, 2.75) is 14.7 Å². The van der Waals surface area contributed by atoms with Gasteiger partial charge in [0.2, 0.25) is 0 Å². The van der Waals surface area contributed by atoms with Gasteiger partial charge in [0, 0.05) is 0 Å². The van der Waals surface area contributed by atoms with Crippen molar-refractivity contribution >= 4 is 89.1 Å². The van der Waals surface area contributed by atoms with Gasteiger partial charge in [0.15, 0.2) is 0 Å². The number of thiol groups is 3. The van der Waals surface area contributed by atoms with Crippen molar-refractivity contribution in [3.8, 4) is 0 Å². The first-order valence-corrected chi connectivity index (χ1v) is 7.61. The van der Waals surface area contributed by atoms with Gasteiger partial charge in [0.05, 0.1) is 65.9 Å². The topological polar surface area (TPSA) is 234 Å². The highest BCUT2D eigenvalue weighted by Crippen LogP contribution is 2.41. The minimum atomic E-state index is 0.180. The molecule has 132 valence electrons. The zero-order valence-electron chi connectivity index (χ0n) is 12.5. The molecular formula is C12H21N9S3. The summed E-state index contributed by atoms with van der Waals surface area (Å²) >= 11 is 12.3. The quantitative estimate of drug-likeness (QED) is 0.222. The van der Waals surface area contributed by atoms with E-state index < -0.39 is 0 Å². The molecule has 2 aromatic carbocycles. The summed E-state index contributed by atoms with van der Waals surface area (Å²) in [5, 5.41) is 0. The highest BCUT2D eigenvalue weighted by atomic mass is 32.1. The van der Waals surface area contributed by atoms with E-state index in [0.29, 0.717) is 31.7 Å². The van der Waals surface area contributed by atoms with Crippen LogP contribution in [-0.2, 0) is 0 Å². The summed E-state index contributed by atoms with van der Waals surface area (Å²) in [6.07, 6.45) is 0. The number of hydrogen-bond donors (Lipinski definition) is 12. The van der Waals surface area contributed by atoms with Crippen LogP contribution in [0, 0.1) is 0 Å². The average Bonchev–Trinajstić information content (AvgIpc) is 2.58. The van der Waals surface area contributed by atoms with E-state index in [1.165, 1.54) is 0 Å². The first-order valence-electron chi connectivity index (χ1n) is 6.27. The van der Waals surface area contributed by atoms with Gasteiger partial charge in [0.25, 0.3) is 0 Å². The first-order chi connectivity index (χ1) is 10.9. The van der Waals surface area contributed by atoms with Crippen molar-refractivity contribution < 1.29 is 0 Å². The maximum Gasteiger partial charge on any atom is 0.0825 e. The van der Waals surface area contributed by atoms with E-state index in [-0.39, 0.29) is 34.1 Å². The zero-order valence-corrected chi connectivity index (χ0v) is 15.2. The summed E-state index contributed by atoms with van der Waals surface area (Å²) in [6, 6.07) is 0. The standard InChI is InChI=1S/C6H12N6.C6H9N3S3/c7-1-2(8)4(10)6(12)5(11)3(1)9;7-1-4(10)2(8)6(12)3(9)5(1)11/h7-12H2;10-12H,7-9H2. The minimum Gasteiger partial charge on any atom is -0.397 e. The lowest BCUT2D eigenvalue weighted by Gasteiger charge is -2.13. The number of hydrogen-bond acceptors (Lipinski definition) is 12. The van der Waals surface area contributed by atoms with Gasteiger partial charge < -0.3 is 51.6 Å². The Morgan fingerprint density at radius 2 is 0.417 bits per heavy atom. The Morgan fingerprint density at radius 3 is 0.542 bits per heavy atom. The smallest absolute Gasteiger partial charge is 0.0825 e. The summed E-state index contributed by atoms with van der Waals surface area (Å²) in [7, 11) is 0. The maximum atomic E-state index is 5.61. The van der Waals surface area contributed by atoms with Crippen LogP contribution in [0.1, 0.15) is 0 Å². The molecule has 0 aliphatic heterocycles. The fourth-order valence-electron chi connectivity index (χ4n) is 1.64. The predicted molar refractivity (Wildman–Crippen MR) is 114 cm³/mol. The molecule has 12 heteroatoms. The molecule has 0 saturated carbocycles. The van der Waals surface area contributed by atoms with Crippen LogP contribution in [0.3, 0.4) is 0 Å². The number of benzene rings is 2. The lowest BCUT2D eigenvalue weighted by molar-refractivity contribution is 1.28. The van der Waals surface area contributed by atoms with E-state index in [9.17, 15) is 0 Å². The van der Waals surface area contributed by atoms with Gasteiger partial charge in [-0.15, -0.1) is 37.9 Å². The first kappa shape index (κ1) is 19.7. The molecule has 2 aromatic rings. The lowest BCUT2D eigenvalue weighted by Crippen LogP contribution is -2.10. The van der Waals surface area contributed by atoms with Gasteiger partial charge in [-0.2, -0.15) is 0 Å². The molecule has 0 atom stereocenters. The normalized spacial score (nSPS) is 10.1. The molecule has 0 spiro atoms. The van der Waals surface area contributed by atoms with Crippen LogP contribution in [0.4, 0.5) is 51.2 Å². The molecule has 0 aromatic heterocycles. The molecule has 0 unspecified atom stereocenters. The summed E-state index contributed by atoms with van der Waals surface area (Å²) in [5.41, 5.74) is 52.0. The van der Waals surface area contributed by atoms with Crippen molar-refractivity contribution in [1.82, 2.24) is 0 Å². The minimum absolute atomic E-state index is 0.180. The molecule has 0 amide bonds. The molecule has 0 bridgehead atoms. The SMILES string of the molecule is Nc1c(N)c(N)c(N)c(N)c1N.Nc1c(S)c(N)c(S)c(N)c1S. The van der Waals surface area contributed by atoms with Crippen LogP contribution in [0.5, 0.6) is 0 Å². The molecule has 0 fully saturated rings. The number of anilines is 9. The van der Waals surface area contributed by atoms with E-state index in [0.717, 1.165) is 0 Å². The van der Waals surface area contributed by atoms with Gasteiger partial charge in [-0.3, -0.25) is 0 Å². The van der Waals surface area contributed by atoms with Crippen LogP contribution in [0.25, 0.3) is 0 Å². The number of nitrogens with two attached hydrogens (primary N) is 9. The Morgan fingerprint density at radius 1 is 0.292 bits per heavy atom. The Bertz CT molecular complexity index is 530. The van der Waals surface area contributed by atoms with E-state index in [2.05, 4.69) is 37.9 Å². The van der Waals surface area contributed by atoms with Gasteiger partial charge in [-0.25, -0.2) is 0 Å². The Balaban J connectivity index is 0.000000240. The van der Waals surface area contributed by atoms with Crippen molar-refractivity contribution in [1.29, 1.82) is 0 Å². The van der Waals surface area contributed by atoms with Gasteiger partial charge in [0.1, 0.15) is 0 Å². The van der Waals surface area contributed by atoms with Crippen LogP contribution in [-0.4, -0.2) is 0 Å². The highest BCUT2D eigenvalue weighted by Gasteiger charge is 2.13. The second-order valence-electron chi connectivity index (χ2n) is 4.77. The van der Waals surface area contributed by atoms with Gasteiger partial charge >= 0.3 is 0 Å². The third-order valence-electron chi connectivity index (χ3n) is 3.27. The molecular weight excluding hydrogens is 366 g/mol. The fraction of sp³-hybridized carbons (Fsp3) is 0. The molecule has 2 rings (SSSR count). The number of rotatable bonds is 0. The Kier molecular flexibility index (Phi) is 5.81. The van der Waals surface area contributed by atoms with E-state index in [1.54, 1.807) is 0 Å². The van der Waals surface area contributed by atoms with Gasteiger partial charge in [-0.05, 0) is 0 Å². The molecule has 9 nitrogen and oxygen atoms in total. The summed E-state index contributed by atoms with van der Waals surface area (Å²) in [5.74, 6) is 0. The largest absolute Gasteiger partial charge is 0.397 e. The maximum absolute atomic E-state index is 5.61. The van der Waals surface area contributed by atoms with Crippen LogP contribution < -0.4 is 51.6 Å². The van der Waals surface area contributed by atoms with Crippen LogP contribution >= 0.6 is 37.9 Å². The third-order valence-corrected chi connectivity index (χ3v) is 4.72. The lowest BCUT2D eigenvalue weighted by atomic mass is 10.1. The summed E-state index contributed by atoms with van der Waals surface area (Å²) < 4.78 is 0.